The Morgan fingerprint density at radius 2 is 2.07 bits per heavy atom. The molecule has 0 bridgehead atoms. The van der Waals surface area contributed by atoms with Crippen molar-refractivity contribution < 1.29 is 9.84 Å². The second-order valence-corrected chi connectivity index (χ2v) is 5.92. The molecule has 0 aromatic carbocycles. The van der Waals surface area contributed by atoms with Gasteiger partial charge in [0.25, 0.3) is 0 Å². The van der Waals surface area contributed by atoms with Crippen LogP contribution < -0.4 is 0 Å². The van der Waals surface area contributed by atoms with E-state index < -0.39 is 5.60 Å². The number of rotatable bonds is 2. The third-order valence-corrected chi connectivity index (χ3v) is 2.98. The SMILES string of the molecule is CC1CC(O)(CCC(C)(C)C)CCO1. The predicted molar refractivity (Wildman–Crippen MR) is 58.3 cm³/mol. The molecule has 2 heteroatoms. The van der Waals surface area contributed by atoms with E-state index in [2.05, 4.69) is 20.8 Å². The van der Waals surface area contributed by atoms with Crippen LogP contribution in [0.3, 0.4) is 0 Å². The molecule has 0 aliphatic carbocycles. The molecule has 1 rings (SSSR count). The van der Waals surface area contributed by atoms with E-state index in [-0.39, 0.29) is 6.10 Å². The first kappa shape index (κ1) is 12.0. The highest BCUT2D eigenvalue weighted by Gasteiger charge is 2.33. The maximum atomic E-state index is 10.3. The van der Waals surface area contributed by atoms with Gasteiger partial charge in [-0.05, 0) is 31.6 Å². The van der Waals surface area contributed by atoms with Gasteiger partial charge in [0.15, 0.2) is 0 Å². The van der Waals surface area contributed by atoms with Crippen LogP contribution in [0.15, 0.2) is 0 Å². The third-order valence-electron chi connectivity index (χ3n) is 2.98. The molecule has 0 aromatic rings. The molecule has 1 heterocycles. The summed E-state index contributed by atoms with van der Waals surface area (Å²) in [6, 6.07) is 0. The number of ether oxygens (including phenoxy) is 1. The smallest absolute Gasteiger partial charge is 0.0694 e. The van der Waals surface area contributed by atoms with Gasteiger partial charge in [0.05, 0.1) is 11.7 Å². The second kappa shape index (κ2) is 4.19. The van der Waals surface area contributed by atoms with Crippen molar-refractivity contribution in [1.29, 1.82) is 0 Å². The summed E-state index contributed by atoms with van der Waals surface area (Å²) in [7, 11) is 0. The Morgan fingerprint density at radius 1 is 1.43 bits per heavy atom. The fourth-order valence-electron chi connectivity index (χ4n) is 1.98. The molecule has 0 amide bonds. The molecule has 0 spiro atoms. The van der Waals surface area contributed by atoms with E-state index in [4.69, 9.17) is 4.74 Å². The Labute approximate surface area is 87.7 Å². The van der Waals surface area contributed by atoms with Gasteiger partial charge in [0, 0.05) is 13.0 Å². The number of hydrogen-bond donors (Lipinski definition) is 1. The third kappa shape index (κ3) is 3.97. The van der Waals surface area contributed by atoms with E-state index in [1.807, 2.05) is 6.92 Å². The molecule has 2 atom stereocenters. The maximum absolute atomic E-state index is 10.3. The molecule has 1 fully saturated rings. The van der Waals surface area contributed by atoms with Gasteiger partial charge in [-0.3, -0.25) is 0 Å². The molecular weight excluding hydrogens is 176 g/mol. The van der Waals surface area contributed by atoms with Gasteiger partial charge in [-0.2, -0.15) is 0 Å². The van der Waals surface area contributed by atoms with E-state index in [1.165, 1.54) is 0 Å². The molecule has 0 radical (unpaired) electrons. The normalized spacial score (nSPS) is 34.5. The van der Waals surface area contributed by atoms with E-state index in [0.29, 0.717) is 12.0 Å². The monoisotopic (exact) mass is 200 g/mol. The Bertz CT molecular complexity index is 183. The first-order chi connectivity index (χ1) is 6.31. The topological polar surface area (TPSA) is 29.5 Å². The van der Waals surface area contributed by atoms with Crippen molar-refractivity contribution in [1.82, 2.24) is 0 Å². The van der Waals surface area contributed by atoms with Gasteiger partial charge in [0.2, 0.25) is 0 Å². The van der Waals surface area contributed by atoms with Crippen molar-refractivity contribution in [2.45, 2.75) is 65.1 Å². The average molecular weight is 200 g/mol. The summed E-state index contributed by atoms with van der Waals surface area (Å²) in [5, 5.41) is 10.3. The van der Waals surface area contributed by atoms with Gasteiger partial charge in [-0.1, -0.05) is 20.8 Å². The highest BCUT2D eigenvalue weighted by atomic mass is 16.5. The van der Waals surface area contributed by atoms with Crippen LogP contribution in [0.2, 0.25) is 0 Å². The zero-order chi connectivity index (χ0) is 10.8. The Kier molecular flexibility index (Phi) is 3.59. The maximum Gasteiger partial charge on any atom is 0.0694 e. The zero-order valence-electron chi connectivity index (χ0n) is 9.97. The van der Waals surface area contributed by atoms with Crippen molar-refractivity contribution >= 4 is 0 Å². The number of aliphatic hydroxyl groups is 1. The Morgan fingerprint density at radius 3 is 2.57 bits per heavy atom. The van der Waals surface area contributed by atoms with Gasteiger partial charge in [-0.15, -0.1) is 0 Å². The van der Waals surface area contributed by atoms with Gasteiger partial charge >= 0.3 is 0 Å². The lowest BCUT2D eigenvalue weighted by atomic mass is 9.80. The van der Waals surface area contributed by atoms with Crippen LogP contribution in [0.25, 0.3) is 0 Å². The lowest BCUT2D eigenvalue weighted by Gasteiger charge is -2.37. The minimum absolute atomic E-state index is 0.216. The molecule has 1 saturated heterocycles. The summed E-state index contributed by atoms with van der Waals surface area (Å²) < 4.78 is 5.45. The molecule has 14 heavy (non-hydrogen) atoms. The van der Waals surface area contributed by atoms with Crippen LogP contribution in [-0.4, -0.2) is 23.4 Å². The van der Waals surface area contributed by atoms with Crippen LogP contribution >= 0.6 is 0 Å². The van der Waals surface area contributed by atoms with Crippen molar-refractivity contribution in [3.63, 3.8) is 0 Å². The average Bonchev–Trinajstić information content (AvgIpc) is 1.99. The van der Waals surface area contributed by atoms with Gasteiger partial charge in [-0.25, -0.2) is 0 Å². The standard InChI is InChI=1S/C12H24O2/c1-10-9-12(13,7-8-14-10)6-5-11(2,3)4/h10,13H,5-9H2,1-4H3. The lowest BCUT2D eigenvalue weighted by molar-refractivity contribution is -0.104. The molecule has 0 saturated carbocycles. The summed E-state index contributed by atoms with van der Waals surface area (Å²) in [5.74, 6) is 0. The molecule has 2 unspecified atom stereocenters. The minimum Gasteiger partial charge on any atom is -0.390 e. The second-order valence-electron chi connectivity index (χ2n) is 5.92. The highest BCUT2D eigenvalue weighted by Crippen LogP contribution is 2.33. The summed E-state index contributed by atoms with van der Waals surface area (Å²) in [6.07, 6.45) is 3.80. The molecule has 2 nitrogen and oxygen atoms in total. The van der Waals surface area contributed by atoms with E-state index in [9.17, 15) is 5.11 Å². The lowest BCUT2D eigenvalue weighted by Crippen LogP contribution is -2.40. The van der Waals surface area contributed by atoms with Crippen LogP contribution in [0.4, 0.5) is 0 Å². The van der Waals surface area contributed by atoms with Crippen LogP contribution in [0, 0.1) is 5.41 Å². The Hall–Kier alpha value is -0.0800. The predicted octanol–water partition coefficient (Wildman–Crippen LogP) is 2.74. The first-order valence-electron chi connectivity index (χ1n) is 5.65. The summed E-state index contributed by atoms with van der Waals surface area (Å²) in [4.78, 5) is 0. The van der Waals surface area contributed by atoms with Crippen molar-refractivity contribution in [3.8, 4) is 0 Å². The molecule has 84 valence electrons. The number of hydrogen-bond acceptors (Lipinski definition) is 2. The fourth-order valence-corrected chi connectivity index (χ4v) is 1.98. The van der Waals surface area contributed by atoms with E-state index in [1.54, 1.807) is 0 Å². The van der Waals surface area contributed by atoms with E-state index in [0.717, 1.165) is 25.7 Å². The van der Waals surface area contributed by atoms with Crippen LogP contribution in [-0.2, 0) is 4.74 Å². The molecule has 1 N–H and O–H groups in total. The van der Waals surface area contributed by atoms with Crippen molar-refractivity contribution in [3.05, 3.63) is 0 Å². The highest BCUT2D eigenvalue weighted by molar-refractivity contribution is 4.85. The van der Waals surface area contributed by atoms with Gasteiger partial charge in [0.1, 0.15) is 0 Å². The first-order valence-corrected chi connectivity index (χ1v) is 5.65. The zero-order valence-corrected chi connectivity index (χ0v) is 9.97. The Balaban J connectivity index is 2.41. The molecular formula is C12H24O2. The largest absolute Gasteiger partial charge is 0.390 e. The van der Waals surface area contributed by atoms with Crippen molar-refractivity contribution in [2.75, 3.05) is 6.61 Å². The summed E-state index contributed by atoms with van der Waals surface area (Å²) >= 11 is 0. The van der Waals surface area contributed by atoms with Crippen molar-refractivity contribution in [2.24, 2.45) is 5.41 Å². The summed E-state index contributed by atoms with van der Waals surface area (Å²) in [5.41, 5.74) is -0.151. The molecule has 1 aliphatic rings. The van der Waals surface area contributed by atoms with Crippen LogP contribution in [0.5, 0.6) is 0 Å². The van der Waals surface area contributed by atoms with Crippen LogP contribution in [0.1, 0.15) is 53.4 Å². The summed E-state index contributed by atoms with van der Waals surface area (Å²) in [6.45, 7) is 9.42. The van der Waals surface area contributed by atoms with E-state index >= 15 is 0 Å². The molecule has 1 aliphatic heterocycles. The fraction of sp³-hybridized carbons (Fsp3) is 1.00. The van der Waals surface area contributed by atoms with Gasteiger partial charge < -0.3 is 9.84 Å². The quantitative estimate of drug-likeness (QED) is 0.742. The minimum atomic E-state index is -0.467. The molecule has 0 aromatic heterocycles.